The number of amides is 1. The van der Waals surface area contributed by atoms with Gasteiger partial charge in [-0.2, -0.15) is 0 Å². The second-order valence-electron chi connectivity index (χ2n) is 9.71. The van der Waals surface area contributed by atoms with Crippen LogP contribution < -0.4 is 19.5 Å². The Kier molecular flexibility index (Phi) is 6.81. The van der Waals surface area contributed by atoms with E-state index in [1.54, 1.807) is 7.11 Å². The van der Waals surface area contributed by atoms with Gasteiger partial charge in [-0.25, -0.2) is 0 Å². The highest BCUT2D eigenvalue weighted by Crippen LogP contribution is 2.44. The van der Waals surface area contributed by atoms with Crippen LogP contribution in [0.2, 0.25) is 0 Å². The van der Waals surface area contributed by atoms with Crippen LogP contribution in [0.15, 0.2) is 42.5 Å². The average molecular weight is 481 g/mol. The molecule has 3 aliphatic rings. The number of hydrogen-bond acceptors (Lipinski definition) is 6. The van der Waals surface area contributed by atoms with Gasteiger partial charge in [-0.05, 0) is 48.2 Å². The fourth-order valence-corrected chi connectivity index (χ4v) is 5.78. The van der Waals surface area contributed by atoms with Gasteiger partial charge >= 0.3 is 5.97 Å². The SMILES string of the molecule is COc1ccc([C@H]2CN(CC(=O)NC3CCCC3)C[C@H](c3ccc4c(c3)OCO4)[C@@H]2C(=O)O)cc1. The molecule has 186 valence electrons. The van der Waals surface area contributed by atoms with Crippen LogP contribution in [0, 0.1) is 5.92 Å². The Morgan fingerprint density at radius 2 is 1.66 bits per heavy atom. The van der Waals surface area contributed by atoms with E-state index in [0.717, 1.165) is 42.6 Å². The van der Waals surface area contributed by atoms with Gasteiger partial charge in [-0.3, -0.25) is 14.5 Å². The second kappa shape index (κ2) is 10.2. The molecule has 1 saturated heterocycles. The number of ether oxygens (including phenoxy) is 3. The molecule has 1 amide bonds. The van der Waals surface area contributed by atoms with Gasteiger partial charge in [0.05, 0.1) is 19.6 Å². The molecule has 8 nitrogen and oxygen atoms in total. The number of carboxylic acids is 1. The van der Waals surface area contributed by atoms with Crippen molar-refractivity contribution in [2.24, 2.45) is 5.92 Å². The first kappa shape index (κ1) is 23.5. The van der Waals surface area contributed by atoms with Crippen LogP contribution in [0.4, 0.5) is 0 Å². The van der Waals surface area contributed by atoms with E-state index >= 15 is 0 Å². The molecule has 3 atom stereocenters. The lowest BCUT2D eigenvalue weighted by molar-refractivity contribution is -0.145. The van der Waals surface area contributed by atoms with Crippen molar-refractivity contribution in [2.45, 2.75) is 43.6 Å². The van der Waals surface area contributed by atoms with Crippen LogP contribution in [0.25, 0.3) is 0 Å². The molecule has 5 rings (SSSR count). The lowest BCUT2D eigenvalue weighted by Gasteiger charge is -2.42. The zero-order chi connectivity index (χ0) is 24.4. The number of likely N-dealkylation sites (tertiary alicyclic amines) is 1. The maximum atomic E-state index is 12.9. The summed E-state index contributed by atoms with van der Waals surface area (Å²) in [6.45, 7) is 1.37. The van der Waals surface area contributed by atoms with E-state index in [2.05, 4.69) is 10.2 Å². The highest BCUT2D eigenvalue weighted by Gasteiger charge is 2.43. The fraction of sp³-hybridized carbons (Fsp3) is 0.481. The van der Waals surface area contributed by atoms with Crippen LogP contribution in [-0.4, -0.2) is 61.5 Å². The zero-order valence-corrected chi connectivity index (χ0v) is 19.9. The zero-order valence-electron chi connectivity index (χ0n) is 19.9. The molecule has 8 heteroatoms. The van der Waals surface area contributed by atoms with Gasteiger partial charge in [0.25, 0.3) is 0 Å². The maximum absolute atomic E-state index is 12.9. The summed E-state index contributed by atoms with van der Waals surface area (Å²) in [4.78, 5) is 27.6. The van der Waals surface area contributed by atoms with E-state index < -0.39 is 11.9 Å². The highest BCUT2D eigenvalue weighted by atomic mass is 16.7. The third-order valence-corrected chi connectivity index (χ3v) is 7.52. The smallest absolute Gasteiger partial charge is 0.307 e. The average Bonchev–Trinajstić information content (AvgIpc) is 3.55. The number of nitrogens with one attached hydrogen (secondary N) is 1. The number of carbonyl (C=O) groups is 2. The first-order valence-corrected chi connectivity index (χ1v) is 12.3. The van der Waals surface area contributed by atoms with Crippen LogP contribution in [0.1, 0.15) is 48.6 Å². The molecule has 0 radical (unpaired) electrons. The summed E-state index contributed by atoms with van der Waals surface area (Å²) >= 11 is 0. The van der Waals surface area contributed by atoms with Crippen molar-refractivity contribution in [3.05, 3.63) is 53.6 Å². The van der Waals surface area contributed by atoms with Crippen LogP contribution >= 0.6 is 0 Å². The molecule has 2 aromatic carbocycles. The minimum absolute atomic E-state index is 0.00333. The van der Waals surface area contributed by atoms with Gasteiger partial charge in [0, 0.05) is 31.0 Å². The number of carboxylic acid groups (broad SMARTS) is 1. The Morgan fingerprint density at radius 3 is 2.34 bits per heavy atom. The number of hydrogen-bond donors (Lipinski definition) is 2. The molecule has 35 heavy (non-hydrogen) atoms. The van der Waals surface area contributed by atoms with Crippen molar-refractivity contribution in [3.63, 3.8) is 0 Å². The first-order valence-electron chi connectivity index (χ1n) is 12.3. The molecule has 0 aromatic heterocycles. The van der Waals surface area contributed by atoms with Gasteiger partial charge in [-0.1, -0.05) is 31.0 Å². The molecule has 1 aliphatic carbocycles. The van der Waals surface area contributed by atoms with Crippen molar-refractivity contribution in [3.8, 4) is 17.2 Å². The number of fused-ring (bicyclic) bond motifs is 1. The molecule has 2 N–H and O–H groups in total. The van der Waals surface area contributed by atoms with E-state index in [0.29, 0.717) is 24.6 Å². The molecular formula is C27H32N2O6. The van der Waals surface area contributed by atoms with Gasteiger partial charge < -0.3 is 24.6 Å². The molecule has 1 saturated carbocycles. The van der Waals surface area contributed by atoms with Crippen molar-refractivity contribution < 1.29 is 28.9 Å². The number of carbonyl (C=O) groups excluding carboxylic acids is 1. The molecule has 2 aromatic rings. The quantitative estimate of drug-likeness (QED) is 0.627. The Bertz CT molecular complexity index is 1070. The minimum atomic E-state index is -0.844. The van der Waals surface area contributed by atoms with Crippen LogP contribution in [0.5, 0.6) is 17.2 Å². The van der Waals surface area contributed by atoms with E-state index in [1.807, 2.05) is 42.5 Å². The molecule has 2 fully saturated rings. The number of piperidine rings is 1. The predicted octanol–water partition coefficient (Wildman–Crippen LogP) is 3.37. The Labute approximate surface area is 205 Å². The lowest BCUT2D eigenvalue weighted by Crippen LogP contribution is -2.50. The Hall–Kier alpha value is -3.26. The summed E-state index contributed by atoms with van der Waals surface area (Å²) in [5, 5.41) is 13.5. The fourth-order valence-electron chi connectivity index (χ4n) is 5.78. The Morgan fingerprint density at radius 1 is 1.00 bits per heavy atom. The summed E-state index contributed by atoms with van der Waals surface area (Å²) < 4.78 is 16.3. The molecule has 0 spiro atoms. The van der Waals surface area contributed by atoms with E-state index in [-0.39, 0.29) is 37.1 Å². The van der Waals surface area contributed by atoms with Crippen molar-refractivity contribution in [1.82, 2.24) is 10.2 Å². The normalized spacial score (nSPS) is 24.3. The molecule has 2 heterocycles. The largest absolute Gasteiger partial charge is 0.497 e. The predicted molar refractivity (Wildman–Crippen MR) is 129 cm³/mol. The first-order chi connectivity index (χ1) is 17.0. The lowest BCUT2D eigenvalue weighted by atomic mass is 9.71. The van der Waals surface area contributed by atoms with Crippen molar-refractivity contribution >= 4 is 11.9 Å². The Balaban J connectivity index is 1.45. The third-order valence-electron chi connectivity index (χ3n) is 7.52. The monoisotopic (exact) mass is 480 g/mol. The highest BCUT2D eigenvalue weighted by molar-refractivity contribution is 5.78. The summed E-state index contributed by atoms with van der Waals surface area (Å²) in [6, 6.07) is 13.5. The minimum Gasteiger partial charge on any atom is -0.497 e. The second-order valence-corrected chi connectivity index (χ2v) is 9.71. The summed E-state index contributed by atoms with van der Waals surface area (Å²) in [6.07, 6.45) is 4.36. The number of rotatable bonds is 7. The summed E-state index contributed by atoms with van der Waals surface area (Å²) in [5.41, 5.74) is 1.80. The number of aliphatic carboxylic acids is 1. The number of methoxy groups -OCH3 is 1. The summed E-state index contributed by atoms with van der Waals surface area (Å²) in [5.74, 6) is -0.0924. The molecule has 0 unspecified atom stereocenters. The standard InChI is InChI=1S/C27H32N2O6/c1-33-20-9-6-17(7-10-20)21-13-29(15-25(30)28-19-4-2-3-5-19)14-22(26(21)27(31)32)18-8-11-23-24(12-18)35-16-34-23/h6-12,19,21-22,26H,2-5,13-16H2,1H3,(H,28,30)(H,31,32)/t21-,22-,26-/m1/s1. The molecule has 2 aliphatic heterocycles. The van der Waals surface area contributed by atoms with Crippen LogP contribution in [-0.2, 0) is 9.59 Å². The number of benzene rings is 2. The van der Waals surface area contributed by atoms with Crippen molar-refractivity contribution in [1.29, 1.82) is 0 Å². The van der Waals surface area contributed by atoms with E-state index in [4.69, 9.17) is 14.2 Å². The molecular weight excluding hydrogens is 448 g/mol. The maximum Gasteiger partial charge on any atom is 0.307 e. The van der Waals surface area contributed by atoms with Gasteiger partial charge in [0.1, 0.15) is 5.75 Å². The van der Waals surface area contributed by atoms with Crippen LogP contribution in [0.3, 0.4) is 0 Å². The molecule has 0 bridgehead atoms. The van der Waals surface area contributed by atoms with E-state index in [1.165, 1.54) is 0 Å². The van der Waals surface area contributed by atoms with Crippen molar-refractivity contribution in [2.75, 3.05) is 33.5 Å². The number of nitrogens with zero attached hydrogens (tertiary/aromatic N) is 1. The van der Waals surface area contributed by atoms with E-state index in [9.17, 15) is 14.7 Å². The topological polar surface area (TPSA) is 97.3 Å². The third kappa shape index (κ3) is 5.07. The van der Waals surface area contributed by atoms with Gasteiger partial charge in [0.2, 0.25) is 12.7 Å². The van der Waals surface area contributed by atoms with Gasteiger partial charge in [-0.15, -0.1) is 0 Å². The summed E-state index contributed by atoms with van der Waals surface area (Å²) in [7, 11) is 1.61. The van der Waals surface area contributed by atoms with Gasteiger partial charge in [0.15, 0.2) is 11.5 Å².